The Labute approximate surface area is 126 Å². The van der Waals surface area contributed by atoms with Gasteiger partial charge in [0, 0.05) is 5.02 Å². The van der Waals surface area contributed by atoms with Crippen LogP contribution in [-0.4, -0.2) is 5.16 Å². The zero-order valence-corrected chi connectivity index (χ0v) is 12.0. The van der Waals surface area contributed by atoms with Gasteiger partial charge in [-0.1, -0.05) is 46.6 Å². The van der Waals surface area contributed by atoms with E-state index in [9.17, 15) is 4.39 Å². The van der Waals surface area contributed by atoms with Gasteiger partial charge in [-0.25, -0.2) is 4.39 Å². The van der Waals surface area contributed by atoms with Crippen LogP contribution >= 0.6 is 11.6 Å². The molecule has 2 aromatic carbocycles. The Hall–Kier alpha value is -2.33. The van der Waals surface area contributed by atoms with Crippen LogP contribution in [0.1, 0.15) is 5.56 Å². The molecule has 0 saturated carbocycles. The molecule has 3 aromatic rings. The van der Waals surface area contributed by atoms with Gasteiger partial charge in [-0.05, 0) is 30.7 Å². The molecule has 0 aliphatic heterocycles. The number of hydrogen-bond acceptors (Lipinski definition) is 3. The first-order valence-corrected chi connectivity index (χ1v) is 6.71. The molecule has 2 N–H and O–H groups in total. The van der Waals surface area contributed by atoms with E-state index in [1.54, 1.807) is 0 Å². The lowest BCUT2D eigenvalue weighted by atomic mass is 10.0. The van der Waals surface area contributed by atoms with Crippen LogP contribution in [0, 0.1) is 12.7 Å². The van der Waals surface area contributed by atoms with Gasteiger partial charge in [-0.2, -0.15) is 0 Å². The maximum Gasteiger partial charge on any atom is 0.179 e. The van der Waals surface area contributed by atoms with Crippen LogP contribution in [0.4, 0.5) is 10.2 Å². The molecule has 3 rings (SSSR count). The number of benzene rings is 2. The van der Waals surface area contributed by atoms with Gasteiger partial charge < -0.3 is 10.3 Å². The van der Waals surface area contributed by atoms with E-state index >= 15 is 0 Å². The fourth-order valence-electron chi connectivity index (χ4n) is 2.16. The van der Waals surface area contributed by atoms with E-state index in [1.165, 1.54) is 18.2 Å². The third kappa shape index (κ3) is 2.50. The average molecular weight is 303 g/mol. The van der Waals surface area contributed by atoms with E-state index < -0.39 is 5.82 Å². The van der Waals surface area contributed by atoms with Crippen LogP contribution in [0.5, 0.6) is 0 Å². The standard InChI is InChI=1S/C16H12ClFN2O/c1-9-2-4-10(5-3-9)14-15(21-20-16(14)19)12-8-11(17)6-7-13(12)18/h2-8H,1H3,(H2,19,20). The quantitative estimate of drug-likeness (QED) is 0.747. The van der Waals surface area contributed by atoms with E-state index in [0.29, 0.717) is 10.6 Å². The summed E-state index contributed by atoms with van der Waals surface area (Å²) in [6, 6.07) is 11.9. The van der Waals surface area contributed by atoms with Gasteiger partial charge >= 0.3 is 0 Å². The van der Waals surface area contributed by atoms with E-state index in [4.69, 9.17) is 21.9 Å². The van der Waals surface area contributed by atoms with Crippen LogP contribution < -0.4 is 5.73 Å². The van der Waals surface area contributed by atoms with Gasteiger partial charge in [-0.3, -0.25) is 0 Å². The second-order valence-electron chi connectivity index (χ2n) is 4.76. The Morgan fingerprint density at radius 1 is 1.14 bits per heavy atom. The molecule has 0 unspecified atom stereocenters. The summed E-state index contributed by atoms with van der Waals surface area (Å²) in [6.07, 6.45) is 0. The molecule has 0 fully saturated rings. The monoisotopic (exact) mass is 302 g/mol. The number of halogens is 2. The second kappa shape index (κ2) is 5.22. The van der Waals surface area contributed by atoms with Gasteiger partial charge in [0.15, 0.2) is 11.6 Å². The average Bonchev–Trinajstić information content (AvgIpc) is 2.84. The predicted octanol–water partition coefficient (Wildman–Crippen LogP) is 4.69. The first kappa shape index (κ1) is 13.6. The number of nitrogens with two attached hydrogens (primary N) is 1. The molecule has 3 nitrogen and oxygen atoms in total. The number of nitrogen functional groups attached to an aromatic ring is 1. The van der Waals surface area contributed by atoms with Gasteiger partial charge in [0.05, 0.1) is 11.1 Å². The number of rotatable bonds is 2. The molecule has 0 saturated heterocycles. The van der Waals surface area contributed by atoms with Crippen molar-refractivity contribution in [1.82, 2.24) is 5.16 Å². The van der Waals surface area contributed by atoms with Crippen LogP contribution in [0.25, 0.3) is 22.5 Å². The highest BCUT2D eigenvalue weighted by Crippen LogP contribution is 2.38. The molecule has 1 heterocycles. The van der Waals surface area contributed by atoms with Crippen molar-refractivity contribution in [2.75, 3.05) is 5.73 Å². The molecule has 0 aliphatic rings. The van der Waals surface area contributed by atoms with E-state index in [0.717, 1.165) is 11.1 Å². The van der Waals surface area contributed by atoms with Crippen LogP contribution in [0.2, 0.25) is 5.02 Å². The Morgan fingerprint density at radius 3 is 2.57 bits per heavy atom. The molecule has 5 heteroatoms. The molecule has 1 aromatic heterocycles. The highest BCUT2D eigenvalue weighted by atomic mass is 35.5. The zero-order chi connectivity index (χ0) is 15.0. The number of nitrogens with zero attached hydrogens (tertiary/aromatic N) is 1. The molecule has 21 heavy (non-hydrogen) atoms. The fourth-order valence-corrected chi connectivity index (χ4v) is 2.33. The molecular weight excluding hydrogens is 291 g/mol. The first-order chi connectivity index (χ1) is 10.1. The van der Waals surface area contributed by atoms with E-state index in [1.807, 2.05) is 31.2 Å². The van der Waals surface area contributed by atoms with Crippen molar-refractivity contribution in [3.63, 3.8) is 0 Å². The van der Waals surface area contributed by atoms with E-state index in [-0.39, 0.29) is 17.1 Å². The summed E-state index contributed by atoms with van der Waals surface area (Å²) in [6.45, 7) is 1.98. The molecular formula is C16H12ClFN2O. The molecule has 0 bridgehead atoms. The topological polar surface area (TPSA) is 52.0 Å². The third-order valence-electron chi connectivity index (χ3n) is 3.23. The van der Waals surface area contributed by atoms with Crippen molar-refractivity contribution in [1.29, 1.82) is 0 Å². The number of aromatic nitrogens is 1. The van der Waals surface area contributed by atoms with Crippen molar-refractivity contribution < 1.29 is 8.91 Å². The highest BCUT2D eigenvalue weighted by molar-refractivity contribution is 6.30. The summed E-state index contributed by atoms with van der Waals surface area (Å²) in [5.74, 6) is 0.0495. The van der Waals surface area contributed by atoms with Gasteiger partial charge in [-0.15, -0.1) is 0 Å². The maximum absolute atomic E-state index is 14.0. The van der Waals surface area contributed by atoms with Gasteiger partial charge in [0.25, 0.3) is 0 Å². The summed E-state index contributed by atoms with van der Waals surface area (Å²) >= 11 is 5.93. The predicted molar refractivity (Wildman–Crippen MR) is 81.5 cm³/mol. The Balaban J connectivity index is 2.21. The number of anilines is 1. The maximum atomic E-state index is 14.0. The number of hydrogen-bond donors (Lipinski definition) is 1. The Kier molecular flexibility index (Phi) is 3.39. The first-order valence-electron chi connectivity index (χ1n) is 6.34. The molecule has 106 valence electrons. The largest absolute Gasteiger partial charge is 0.380 e. The van der Waals surface area contributed by atoms with Gasteiger partial charge in [0.1, 0.15) is 5.82 Å². The third-order valence-corrected chi connectivity index (χ3v) is 3.47. The molecule has 0 radical (unpaired) electrons. The summed E-state index contributed by atoms with van der Waals surface area (Å²) in [5.41, 5.74) is 8.61. The SMILES string of the molecule is Cc1ccc(-c2c(N)noc2-c2cc(Cl)ccc2F)cc1. The molecule has 0 atom stereocenters. The van der Waals surface area contributed by atoms with Crippen molar-refractivity contribution >= 4 is 17.4 Å². The molecule has 0 spiro atoms. The lowest BCUT2D eigenvalue weighted by Crippen LogP contribution is -1.90. The Bertz CT molecular complexity index is 797. The number of aryl methyl sites for hydroxylation is 1. The molecule has 0 aliphatic carbocycles. The minimum Gasteiger partial charge on any atom is -0.380 e. The summed E-state index contributed by atoms with van der Waals surface area (Å²) in [5, 5.41) is 4.17. The lowest BCUT2D eigenvalue weighted by Gasteiger charge is -2.05. The van der Waals surface area contributed by atoms with Crippen molar-refractivity contribution in [3.05, 3.63) is 58.9 Å². The summed E-state index contributed by atoms with van der Waals surface area (Å²) in [4.78, 5) is 0. The smallest absolute Gasteiger partial charge is 0.179 e. The highest BCUT2D eigenvalue weighted by Gasteiger charge is 2.20. The second-order valence-corrected chi connectivity index (χ2v) is 5.20. The summed E-state index contributed by atoms with van der Waals surface area (Å²) in [7, 11) is 0. The molecule has 0 amide bonds. The van der Waals surface area contributed by atoms with Gasteiger partial charge in [0.2, 0.25) is 0 Å². The Morgan fingerprint density at radius 2 is 1.86 bits per heavy atom. The van der Waals surface area contributed by atoms with E-state index in [2.05, 4.69) is 5.16 Å². The minimum atomic E-state index is -0.441. The lowest BCUT2D eigenvalue weighted by molar-refractivity contribution is 0.433. The minimum absolute atomic E-state index is 0.216. The van der Waals surface area contributed by atoms with Crippen LogP contribution in [0.15, 0.2) is 47.0 Å². The van der Waals surface area contributed by atoms with Crippen LogP contribution in [-0.2, 0) is 0 Å². The normalized spacial score (nSPS) is 10.8. The zero-order valence-electron chi connectivity index (χ0n) is 11.2. The van der Waals surface area contributed by atoms with Crippen LogP contribution in [0.3, 0.4) is 0 Å². The van der Waals surface area contributed by atoms with Crippen molar-refractivity contribution in [2.45, 2.75) is 6.92 Å². The summed E-state index contributed by atoms with van der Waals surface area (Å²) < 4.78 is 19.3. The van der Waals surface area contributed by atoms with Crippen molar-refractivity contribution in [3.8, 4) is 22.5 Å². The fraction of sp³-hybridized carbons (Fsp3) is 0.0625. The van der Waals surface area contributed by atoms with Crippen molar-refractivity contribution in [2.24, 2.45) is 0 Å².